The monoisotopic (exact) mass is 290 g/mol. The fourth-order valence-electron chi connectivity index (χ4n) is 3.71. The van der Waals surface area contributed by atoms with E-state index >= 15 is 0 Å². The smallest absolute Gasteiger partial charge is 0.165 e. The van der Waals surface area contributed by atoms with Gasteiger partial charge in [0.15, 0.2) is 5.78 Å². The molecule has 0 amide bonds. The minimum atomic E-state index is 0.0401. The zero-order valence-electron chi connectivity index (χ0n) is 11.5. The van der Waals surface area contributed by atoms with Gasteiger partial charge in [0.1, 0.15) is 12.4 Å². The molecule has 3 aliphatic rings. The van der Waals surface area contributed by atoms with E-state index in [9.17, 15) is 4.79 Å². The van der Waals surface area contributed by atoms with E-state index < -0.39 is 0 Å². The molecule has 4 rings (SSSR count). The molecular formula is C16H18O3S. The Morgan fingerprint density at radius 2 is 2.15 bits per heavy atom. The molecule has 0 N–H and O–H groups in total. The highest BCUT2D eigenvalue weighted by molar-refractivity contribution is 7.10. The topological polar surface area (TPSA) is 35.5 Å². The maximum absolute atomic E-state index is 12.1. The number of allylic oxidation sites excluding steroid dienone is 1. The van der Waals surface area contributed by atoms with Crippen LogP contribution in [0.2, 0.25) is 0 Å². The SMILES string of the molecule is CCc1csc(COC2=CC(=O)C3C4CCC(O4)C23)c1. The van der Waals surface area contributed by atoms with Gasteiger partial charge < -0.3 is 9.47 Å². The van der Waals surface area contributed by atoms with Gasteiger partial charge in [-0.05, 0) is 36.3 Å². The molecule has 0 spiro atoms. The third-order valence-electron chi connectivity index (χ3n) is 4.71. The highest BCUT2D eigenvalue weighted by atomic mass is 32.1. The van der Waals surface area contributed by atoms with Crippen molar-refractivity contribution in [2.45, 2.75) is 45.0 Å². The molecule has 2 fully saturated rings. The summed E-state index contributed by atoms with van der Waals surface area (Å²) in [5.41, 5.74) is 1.35. The van der Waals surface area contributed by atoms with Crippen LogP contribution in [0.25, 0.3) is 0 Å². The summed E-state index contributed by atoms with van der Waals surface area (Å²) in [6, 6.07) is 2.19. The lowest BCUT2D eigenvalue weighted by Gasteiger charge is -2.22. The van der Waals surface area contributed by atoms with Gasteiger partial charge in [0.25, 0.3) is 0 Å². The van der Waals surface area contributed by atoms with Gasteiger partial charge in [-0.1, -0.05) is 6.92 Å². The standard InChI is InChI=1S/C16H18O3S/c1-2-9-5-10(20-8-9)7-18-14-6-11(17)15-12-3-4-13(19-12)16(14)15/h5-6,8,12-13,15-16H,2-4,7H2,1H3. The summed E-state index contributed by atoms with van der Waals surface area (Å²) in [5.74, 6) is 1.29. The number of ether oxygens (including phenoxy) is 2. The first-order valence-electron chi connectivity index (χ1n) is 7.36. The second-order valence-corrected chi connectivity index (χ2v) is 6.85. The van der Waals surface area contributed by atoms with Crippen molar-refractivity contribution >= 4 is 17.1 Å². The van der Waals surface area contributed by atoms with E-state index in [0.717, 1.165) is 25.0 Å². The molecule has 0 radical (unpaired) electrons. The Hall–Kier alpha value is -1.13. The number of fused-ring (bicyclic) bond motifs is 5. The van der Waals surface area contributed by atoms with Gasteiger partial charge in [0, 0.05) is 11.0 Å². The Kier molecular flexibility index (Phi) is 2.97. The van der Waals surface area contributed by atoms with Gasteiger partial charge in [-0.2, -0.15) is 0 Å². The fourth-order valence-corrected chi connectivity index (χ4v) is 4.60. The predicted octanol–water partition coefficient (Wildman–Crippen LogP) is 3.09. The van der Waals surface area contributed by atoms with Crippen molar-refractivity contribution in [3.63, 3.8) is 0 Å². The average Bonchev–Trinajstić information content (AvgIpc) is 3.19. The number of hydrogen-bond acceptors (Lipinski definition) is 4. The third-order valence-corrected chi connectivity index (χ3v) is 5.67. The van der Waals surface area contributed by atoms with Crippen LogP contribution >= 0.6 is 11.3 Å². The van der Waals surface area contributed by atoms with E-state index in [-0.39, 0.29) is 29.8 Å². The van der Waals surface area contributed by atoms with Crippen LogP contribution < -0.4 is 0 Å². The number of thiophene rings is 1. The summed E-state index contributed by atoms with van der Waals surface area (Å²) in [5, 5.41) is 2.18. The lowest BCUT2D eigenvalue weighted by atomic mass is 9.80. The van der Waals surface area contributed by atoms with E-state index in [2.05, 4.69) is 18.4 Å². The van der Waals surface area contributed by atoms with E-state index in [1.54, 1.807) is 17.4 Å². The second kappa shape index (κ2) is 4.71. The summed E-state index contributed by atoms with van der Waals surface area (Å²) < 4.78 is 11.8. The zero-order chi connectivity index (χ0) is 13.7. The summed E-state index contributed by atoms with van der Waals surface area (Å²) >= 11 is 1.73. The van der Waals surface area contributed by atoms with Gasteiger partial charge in [0.05, 0.1) is 24.0 Å². The molecule has 2 aliphatic heterocycles. The van der Waals surface area contributed by atoms with Gasteiger partial charge >= 0.3 is 0 Å². The molecule has 1 aliphatic carbocycles. The number of carbonyl (C=O) groups is 1. The normalized spacial score (nSPS) is 34.5. The maximum atomic E-state index is 12.1. The second-order valence-electron chi connectivity index (χ2n) is 5.85. The molecule has 4 heteroatoms. The van der Waals surface area contributed by atoms with E-state index in [1.165, 1.54) is 10.4 Å². The van der Waals surface area contributed by atoms with Crippen LogP contribution in [0.1, 0.15) is 30.2 Å². The lowest BCUT2D eigenvalue weighted by molar-refractivity contribution is -0.119. The molecule has 0 saturated carbocycles. The molecule has 1 aromatic heterocycles. The molecule has 2 bridgehead atoms. The molecule has 20 heavy (non-hydrogen) atoms. The molecular weight excluding hydrogens is 272 g/mol. The number of aryl methyl sites for hydroxylation is 1. The quantitative estimate of drug-likeness (QED) is 0.855. The van der Waals surface area contributed by atoms with Gasteiger partial charge in [-0.3, -0.25) is 4.79 Å². The Morgan fingerprint density at radius 3 is 2.90 bits per heavy atom. The highest BCUT2D eigenvalue weighted by Crippen LogP contribution is 2.50. The summed E-state index contributed by atoms with van der Waals surface area (Å²) in [4.78, 5) is 13.3. The summed E-state index contributed by atoms with van der Waals surface area (Å²) in [7, 11) is 0. The van der Waals surface area contributed by atoms with Crippen LogP contribution in [-0.4, -0.2) is 18.0 Å². The molecule has 2 saturated heterocycles. The fraction of sp³-hybridized carbons (Fsp3) is 0.562. The summed E-state index contributed by atoms with van der Waals surface area (Å²) in [6.45, 7) is 2.73. The first-order valence-corrected chi connectivity index (χ1v) is 8.24. The minimum Gasteiger partial charge on any atom is -0.492 e. The maximum Gasteiger partial charge on any atom is 0.165 e. The molecule has 4 atom stereocenters. The van der Waals surface area contributed by atoms with Crippen molar-refractivity contribution in [1.29, 1.82) is 0 Å². The van der Waals surface area contributed by atoms with Crippen LogP contribution in [0.5, 0.6) is 0 Å². The van der Waals surface area contributed by atoms with Crippen molar-refractivity contribution in [2.75, 3.05) is 0 Å². The number of carbonyl (C=O) groups excluding carboxylic acids is 1. The van der Waals surface area contributed by atoms with Crippen LogP contribution in [0.15, 0.2) is 23.3 Å². The van der Waals surface area contributed by atoms with E-state index in [1.807, 2.05) is 0 Å². The van der Waals surface area contributed by atoms with Gasteiger partial charge in [-0.15, -0.1) is 11.3 Å². The Bertz CT molecular complexity index is 574. The van der Waals surface area contributed by atoms with Gasteiger partial charge in [-0.25, -0.2) is 0 Å². The van der Waals surface area contributed by atoms with Crippen molar-refractivity contribution < 1.29 is 14.3 Å². The first kappa shape index (κ1) is 12.6. The Labute approximate surface area is 122 Å². The number of hydrogen-bond donors (Lipinski definition) is 0. The van der Waals surface area contributed by atoms with Crippen LogP contribution in [0, 0.1) is 11.8 Å². The zero-order valence-corrected chi connectivity index (χ0v) is 12.3. The molecule has 1 aromatic rings. The Balaban J connectivity index is 1.46. The van der Waals surface area contributed by atoms with E-state index in [0.29, 0.717) is 6.61 Å². The van der Waals surface area contributed by atoms with Crippen LogP contribution in [-0.2, 0) is 27.3 Å². The van der Waals surface area contributed by atoms with Gasteiger partial charge in [0.2, 0.25) is 0 Å². The third kappa shape index (κ3) is 1.85. The van der Waals surface area contributed by atoms with Crippen molar-refractivity contribution in [3.8, 4) is 0 Å². The molecule has 3 heterocycles. The minimum absolute atomic E-state index is 0.0401. The lowest BCUT2D eigenvalue weighted by Crippen LogP contribution is -2.29. The molecule has 106 valence electrons. The largest absolute Gasteiger partial charge is 0.492 e. The first-order chi connectivity index (χ1) is 9.76. The Morgan fingerprint density at radius 1 is 1.35 bits per heavy atom. The number of rotatable bonds is 4. The number of ketones is 1. The molecule has 4 unspecified atom stereocenters. The average molecular weight is 290 g/mol. The van der Waals surface area contributed by atoms with Crippen molar-refractivity contribution in [3.05, 3.63) is 33.7 Å². The predicted molar refractivity (Wildman–Crippen MR) is 76.5 cm³/mol. The molecule has 3 nitrogen and oxygen atoms in total. The molecule has 0 aromatic carbocycles. The van der Waals surface area contributed by atoms with E-state index in [4.69, 9.17) is 9.47 Å². The van der Waals surface area contributed by atoms with Crippen molar-refractivity contribution in [1.82, 2.24) is 0 Å². The van der Waals surface area contributed by atoms with Crippen LogP contribution in [0.4, 0.5) is 0 Å². The summed E-state index contributed by atoms with van der Waals surface area (Å²) in [6.07, 6.45) is 5.22. The van der Waals surface area contributed by atoms with Crippen LogP contribution in [0.3, 0.4) is 0 Å². The highest BCUT2D eigenvalue weighted by Gasteiger charge is 2.56. The van der Waals surface area contributed by atoms with Crippen molar-refractivity contribution in [2.24, 2.45) is 11.8 Å².